The van der Waals surface area contributed by atoms with Gasteiger partial charge in [0.25, 0.3) is 0 Å². The van der Waals surface area contributed by atoms with Gasteiger partial charge in [0.1, 0.15) is 5.75 Å². The molecule has 20 heavy (non-hydrogen) atoms. The van der Waals surface area contributed by atoms with Crippen LogP contribution in [0, 0.1) is 6.92 Å². The van der Waals surface area contributed by atoms with Crippen LogP contribution in [0.25, 0.3) is 0 Å². The highest BCUT2D eigenvalue weighted by atomic mass is 32.2. The molecular weight excluding hydrogens is 276 g/mol. The summed E-state index contributed by atoms with van der Waals surface area (Å²) in [5, 5.41) is 14.8. The van der Waals surface area contributed by atoms with Gasteiger partial charge in [-0.1, -0.05) is 12.1 Å². The molecule has 0 fully saturated rings. The fraction of sp³-hybridized carbons (Fsp3) is 0.0714. The number of sulfonamides is 1. The number of aliphatic imine (C=N–C) groups is 1. The van der Waals surface area contributed by atoms with Gasteiger partial charge in [0.05, 0.1) is 10.6 Å². The number of aromatic hydroxyl groups is 1. The van der Waals surface area contributed by atoms with Crippen molar-refractivity contribution in [3.8, 4) is 5.75 Å². The number of hydrogen-bond acceptors (Lipinski definition) is 4. The van der Waals surface area contributed by atoms with Gasteiger partial charge in [0, 0.05) is 11.8 Å². The second-order valence-electron chi connectivity index (χ2n) is 4.31. The Morgan fingerprint density at radius 2 is 1.80 bits per heavy atom. The van der Waals surface area contributed by atoms with E-state index in [-0.39, 0.29) is 10.6 Å². The number of benzene rings is 2. The number of para-hydroxylation sites is 1. The fourth-order valence-corrected chi connectivity index (χ4v) is 2.17. The molecular formula is C14H14N2O3S. The third-order valence-electron chi connectivity index (χ3n) is 2.79. The molecule has 2 aromatic rings. The second-order valence-corrected chi connectivity index (χ2v) is 5.87. The number of phenols is 1. The Labute approximate surface area is 117 Å². The van der Waals surface area contributed by atoms with Crippen molar-refractivity contribution in [2.24, 2.45) is 10.1 Å². The normalized spacial score (nSPS) is 11.9. The van der Waals surface area contributed by atoms with Crippen LogP contribution in [0.2, 0.25) is 0 Å². The number of primary sulfonamides is 1. The molecule has 0 spiro atoms. The standard InChI is InChI=1S/C14H14N2O3S/c1-10-3-2-4-11(14(10)17)9-16-12-5-7-13(8-6-12)20(15,18)19/h2-9,17H,1H3,(H2,15,18,19). The maximum Gasteiger partial charge on any atom is 0.238 e. The molecule has 0 saturated carbocycles. The van der Waals surface area contributed by atoms with Crippen molar-refractivity contribution in [2.45, 2.75) is 11.8 Å². The van der Waals surface area contributed by atoms with Gasteiger partial charge in [-0.25, -0.2) is 13.6 Å². The molecule has 0 aliphatic rings. The van der Waals surface area contributed by atoms with E-state index in [1.165, 1.54) is 18.3 Å². The van der Waals surface area contributed by atoms with E-state index in [1.54, 1.807) is 31.2 Å². The van der Waals surface area contributed by atoms with Gasteiger partial charge in [-0.15, -0.1) is 0 Å². The Morgan fingerprint density at radius 3 is 2.40 bits per heavy atom. The Kier molecular flexibility index (Phi) is 3.87. The first-order chi connectivity index (χ1) is 9.38. The molecule has 0 unspecified atom stereocenters. The van der Waals surface area contributed by atoms with Crippen LogP contribution in [0.3, 0.4) is 0 Å². The molecule has 0 heterocycles. The van der Waals surface area contributed by atoms with Gasteiger partial charge >= 0.3 is 0 Å². The van der Waals surface area contributed by atoms with Crippen LogP contribution in [0.5, 0.6) is 5.75 Å². The summed E-state index contributed by atoms with van der Waals surface area (Å²) < 4.78 is 22.2. The van der Waals surface area contributed by atoms with E-state index in [9.17, 15) is 13.5 Å². The minimum atomic E-state index is -3.69. The second kappa shape index (κ2) is 5.44. The van der Waals surface area contributed by atoms with E-state index in [0.717, 1.165) is 5.56 Å². The number of phenolic OH excluding ortho intramolecular Hbond substituents is 1. The largest absolute Gasteiger partial charge is 0.507 e. The van der Waals surface area contributed by atoms with Gasteiger partial charge in [0.15, 0.2) is 0 Å². The smallest absolute Gasteiger partial charge is 0.238 e. The number of rotatable bonds is 3. The summed E-state index contributed by atoms with van der Waals surface area (Å²) in [7, 11) is -3.69. The lowest BCUT2D eigenvalue weighted by molar-refractivity contribution is 0.470. The SMILES string of the molecule is Cc1cccc(C=Nc2ccc(S(N)(=O)=O)cc2)c1O. The monoisotopic (exact) mass is 290 g/mol. The minimum absolute atomic E-state index is 0.0369. The predicted octanol–water partition coefficient (Wildman–Crippen LogP) is 2.10. The number of nitrogens with zero attached hydrogens (tertiary/aromatic N) is 1. The first-order valence-electron chi connectivity index (χ1n) is 5.83. The summed E-state index contributed by atoms with van der Waals surface area (Å²) >= 11 is 0. The topological polar surface area (TPSA) is 92.8 Å². The average Bonchev–Trinajstić information content (AvgIpc) is 2.40. The summed E-state index contributed by atoms with van der Waals surface area (Å²) in [6, 6.07) is 11.2. The molecule has 0 aliphatic heterocycles. The first kappa shape index (κ1) is 14.2. The molecule has 2 rings (SSSR count). The summed E-state index contributed by atoms with van der Waals surface area (Å²) in [6.45, 7) is 1.80. The minimum Gasteiger partial charge on any atom is -0.507 e. The van der Waals surface area contributed by atoms with Crippen molar-refractivity contribution in [1.82, 2.24) is 0 Å². The molecule has 0 aromatic heterocycles. The zero-order valence-electron chi connectivity index (χ0n) is 10.8. The molecule has 0 bridgehead atoms. The molecule has 5 nitrogen and oxygen atoms in total. The molecule has 3 N–H and O–H groups in total. The zero-order chi connectivity index (χ0) is 14.8. The van der Waals surface area contributed by atoms with Gasteiger partial charge in [0.2, 0.25) is 10.0 Å². The maximum absolute atomic E-state index is 11.1. The molecule has 6 heteroatoms. The molecule has 104 valence electrons. The lowest BCUT2D eigenvalue weighted by Crippen LogP contribution is -2.11. The van der Waals surface area contributed by atoms with Crippen molar-refractivity contribution in [1.29, 1.82) is 0 Å². The highest BCUT2D eigenvalue weighted by Gasteiger charge is 2.06. The van der Waals surface area contributed by atoms with Crippen LogP contribution >= 0.6 is 0 Å². The van der Waals surface area contributed by atoms with Gasteiger partial charge < -0.3 is 5.11 Å². The van der Waals surface area contributed by atoms with E-state index in [4.69, 9.17) is 5.14 Å². The number of hydrogen-bond donors (Lipinski definition) is 2. The van der Waals surface area contributed by atoms with Crippen LogP contribution < -0.4 is 5.14 Å². The zero-order valence-corrected chi connectivity index (χ0v) is 11.6. The average molecular weight is 290 g/mol. The fourth-order valence-electron chi connectivity index (χ4n) is 1.65. The van der Waals surface area contributed by atoms with Crippen molar-refractivity contribution in [3.05, 3.63) is 53.6 Å². The van der Waals surface area contributed by atoms with Crippen LogP contribution in [0.1, 0.15) is 11.1 Å². The van der Waals surface area contributed by atoms with Gasteiger partial charge in [-0.3, -0.25) is 4.99 Å². The van der Waals surface area contributed by atoms with Crippen molar-refractivity contribution < 1.29 is 13.5 Å². The summed E-state index contributed by atoms with van der Waals surface area (Å²) in [6.07, 6.45) is 1.52. The van der Waals surface area contributed by atoms with Crippen LogP contribution in [0.15, 0.2) is 52.4 Å². The van der Waals surface area contributed by atoms with Crippen LogP contribution in [0.4, 0.5) is 5.69 Å². The lowest BCUT2D eigenvalue weighted by Gasteiger charge is -2.02. The third-order valence-corrected chi connectivity index (χ3v) is 3.72. The number of nitrogens with two attached hydrogens (primary N) is 1. The van der Waals surface area contributed by atoms with Gasteiger partial charge in [-0.2, -0.15) is 0 Å². The third kappa shape index (κ3) is 3.23. The molecule has 2 aromatic carbocycles. The van der Waals surface area contributed by atoms with E-state index in [0.29, 0.717) is 11.3 Å². The highest BCUT2D eigenvalue weighted by Crippen LogP contribution is 2.21. The van der Waals surface area contributed by atoms with E-state index >= 15 is 0 Å². The maximum atomic E-state index is 11.1. The highest BCUT2D eigenvalue weighted by molar-refractivity contribution is 7.89. The Bertz CT molecular complexity index is 750. The Morgan fingerprint density at radius 1 is 1.15 bits per heavy atom. The first-order valence-corrected chi connectivity index (χ1v) is 7.38. The van der Waals surface area contributed by atoms with Crippen LogP contribution in [-0.4, -0.2) is 19.7 Å². The van der Waals surface area contributed by atoms with Gasteiger partial charge in [-0.05, 0) is 42.8 Å². The van der Waals surface area contributed by atoms with E-state index < -0.39 is 10.0 Å². The molecule has 0 radical (unpaired) electrons. The van der Waals surface area contributed by atoms with E-state index in [1.807, 2.05) is 6.07 Å². The Balaban J connectivity index is 2.26. The lowest BCUT2D eigenvalue weighted by atomic mass is 10.1. The van der Waals surface area contributed by atoms with E-state index in [2.05, 4.69) is 4.99 Å². The predicted molar refractivity (Wildman–Crippen MR) is 77.9 cm³/mol. The van der Waals surface area contributed by atoms with Crippen molar-refractivity contribution in [3.63, 3.8) is 0 Å². The quantitative estimate of drug-likeness (QED) is 0.848. The molecule has 0 amide bonds. The summed E-state index contributed by atoms with van der Waals surface area (Å²) in [4.78, 5) is 4.22. The molecule has 0 aliphatic carbocycles. The Hall–Kier alpha value is -2.18. The number of aryl methyl sites for hydroxylation is 1. The summed E-state index contributed by atoms with van der Waals surface area (Å²) in [5.74, 6) is 0.178. The summed E-state index contributed by atoms with van der Waals surface area (Å²) in [5.41, 5.74) is 1.93. The molecule has 0 atom stereocenters. The van der Waals surface area contributed by atoms with Crippen molar-refractivity contribution >= 4 is 21.9 Å². The van der Waals surface area contributed by atoms with Crippen molar-refractivity contribution in [2.75, 3.05) is 0 Å². The van der Waals surface area contributed by atoms with Crippen LogP contribution in [-0.2, 0) is 10.0 Å². The molecule has 0 saturated heterocycles.